The number of amides is 1. The molecule has 0 aromatic heterocycles. The van der Waals surface area contributed by atoms with Gasteiger partial charge >= 0.3 is 23.9 Å². The molecule has 5 N–H and O–H groups in total. The molecule has 1 aliphatic heterocycles. The van der Waals surface area contributed by atoms with Crippen molar-refractivity contribution >= 4 is 29.8 Å². The number of nitrogens with zero attached hydrogens (tertiary/aromatic N) is 4. The van der Waals surface area contributed by atoms with Crippen molar-refractivity contribution in [3.05, 3.63) is 0 Å². The lowest BCUT2D eigenvalue weighted by molar-refractivity contribution is -0.145. The Labute approximate surface area is 266 Å². The molecule has 1 saturated heterocycles. The van der Waals surface area contributed by atoms with Gasteiger partial charge in [-0.3, -0.25) is 43.6 Å². The summed E-state index contributed by atoms with van der Waals surface area (Å²) in [6.07, 6.45) is 0.939. The molecular weight excluding hydrogens is 590 g/mol. The van der Waals surface area contributed by atoms with E-state index in [0.717, 1.165) is 6.42 Å². The molecule has 0 saturated carbocycles. The zero-order chi connectivity index (χ0) is 34.2. The molecule has 1 rings (SSSR count). The summed E-state index contributed by atoms with van der Waals surface area (Å²) in [5.41, 5.74) is -0.270. The van der Waals surface area contributed by atoms with Crippen LogP contribution in [-0.4, -0.2) is 168 Å². The van der Waals surface area contributed by atoms with Crippen LogP contribution in [0.4, 0.5) is 0 Å². The van der Waals surface area contributed by atoms with E-state index in [9.17, 15) is 44.4 Å². The molecule has 0 aliphatic carbocycles. The van der Waals surface area contributed by atoms with E-state index in [1.165, 1.54) is 0 Å². The topological polar surface area (TPSA) is 200 Å². The maximum Gasteiger partial charge on any atom is 0.320 e. The number of aliphatic carboxylic acids is 4. The van der Waals surface area contributed by atoms with Gasteiger partial charge in [0.25, 0.3) is 0 Å². The lowest BCUT2D eigenvalue weighted by atomic mass is 9.91. The normalized spacial score (nSPS) is 18.0. The van der Waals surface area contributed by atoms with Crippen LogP contribution in [0.2, 0.25) is 0 Å². The Bertz CT molecular complexity index is 945. The molecule has 260 valence electrons. The van der Waals surface area contributed by atoms with Crippen LogP contribution in [0.15, 0.2) is 0 Å². The van der Waals surface area contributed by atoms with Crippen LogP contribution in [0, 0.1) is 10.8 Å². The summed E-state index contributed by atoms with van der Waals surface area (Å²) in [5, 5.41) is 41.2. The molecule has 45 heavy (non-hydrogen) atoms. The van der Waals surface area contributed by atoms with Gasteiger partial charge < -0.3 is 30.5 Å². The first-order valence-electron chi connectivity index (χ1n) is 15.6. The molecule has 1 amide bonds. The second-order valence-corrected chi connectivity index (χ2v) is 13.4. The Morgan fingerprint density at radius 2 is 1.09 bits per heavy atom. The third-order valence-corrected chi connectivity index (χ3v) is 8.03. The van der Waals surface area contributed by atoms with E-state index in [2.05, 4.69) is 26.1 Å². The van der Waals surface area contributed by atoms with Gasteiger partial charge in [-0.05, 0) is 18.3 Å². The van der Waals surface area contributed by atoms with Gasteiger partial charge in [0.05, 0.1) is 32.8 Å². The Kier molecular flexibility index (Phi) is 17.5. The van der Waals surface area contributed by atoms with Crippen LogP contribution >= 0.6 is 0 Å². The Hall–Kier alpha value is -2.85. The third kappa shape index (κ3) is 18.0. The fourth-order valence-corrected chi connectivity index (χ4v) is 4.83. The molecule has 0 aromatic carbocycles. The van der Waals surface area contributed by atoms with Crippen LogP contribution in [0.3, 0.4) is 0 Å². The molecular formula is C30H55N5O10. The Morgan fingerprint density at radius 1 is 0.689 bits per heavy atom. The summed E-state index contributed by atoms with van der Waals surface area (Å²) in [6.45, 7) is 12.4. The molecule has 1 atom stereocenters. The molecule has 0 aromatic rings. The fraction of sp³-hybridized carbons (Fsp3) is 0.833. The molecule has 15 nitrogen and oxygen atoms in total. The van der Waals surface area contributed by atoms with E-state index in [1.807, 2.05) is 13.8 Å². The standard InChI is InChI=1S/C30H55N5O10/c1-6-29(2,3)21-45-22-30(4,5)20-31-24(36)8-7-23(28(43)44)35-15-13-33(18-26(39)40)11-9-32(17-25(37)38)10-12-34(14-16-35)19-27(41)42/h23H,6-22H2,1-5H3,(H,31,36)(H,37,38)(H,39,40)(H,41,42)(H,43,44). The lowest BCUT2D eigenvalue weighted by Gasteiger charge is -2.35. The van der Waals surface area contributed by atoms with Crippen molar-refractivity contribution in [1.29, 1.82) is 0 Å². The maximum atomic E-state index is 12.8. The van der Waals surface area contributed by atoms with Gasteiger partial charge in [-0.2, -0.15) is 0 Å². The van der Waals surface area contributed by atoms with Crippen LogP contribution in [0.5, 0.6) is 0 Å². The Balaban J connectivity index is 2.96. The molecule has 15 heteroatoms. The summed E-state index contributed by atoms with van der Waals surface area (Å²) in [4.78, 5) is 66.2. The van der Waals surface area contributed by atoms with Gasteiger partial charge in [0.1, 0.15) is 6.04 Å². The smallest absolute Gasteiger partial charge is 0.320 e. The quantitative estimate of drug-likeness (QED) is 0.136. The van der Waals surface area contributed by atoms with E-state index in [0.29, 0.717) is 19.8 Å². The van der Waals surface area contributed by atoms with E-state index in [1.54, 1.807) is 19.6 Å². The van der Waals surface area contributed by atoms with Gasteiger partial charge in [0.2, 0.25) is 5.91 Å². The molecule has 1 fully saturated rings. The van der Waals surface area contributed by atoms with E-state index < -0.39 is 29.9 Å². The van der Waals surface area contributed by atoms with Gasteiger partial charge in [0, 0.05) is 70.7 Å². The molecule has 0 spiro atoms. The van der Waals surface area contributed by atoms with Gasteiger partial charge in [-0.15, -0.1) is 0 Å². The highest BCUT2D eigenvalue weighted by Crippen LogP contribution is 2.22. The zero-order valence-corrected chi connectivity index (χ0v) is 27.6. The van der Waals surface area contributed by atoms with Crippen molar-refractivity contribution in [3.63, 3.8) is 0 Å². The van der Waals surface area contributed by atoms with Crippen molar-refractivity contribution in [2.45, 2.75) is 59.9 Å². The average Bonchev–Trinajstić information content (AvgIpc) is 2.91. The summed E-state index contributed by atoms with van der Waals surface area (Å²) in [7, 11) is 0. The molecule has 0 radical (unpaired) electrons. The lowest BCUT2D eigenvalue weighted by Crippen LogP contribution is -2.52. The van der Waals surface area contributed by atoms with Crippen LogP contribution in [-0.2, 0) is 28.7 Å². The van der Waals surface area contributed by atoms with Crippen LogP contribution < -0.4 is 5.32 Å². The number of rotatable bonds is 18. The summed E-state index contributed by atoms with van der Waals surface area (Å²) >= 11 is 0. The minimum absolute atomic E-state index is 0.00698. The van der Waals surface area contributed by atoms with E-state index in [4.69, 9.17) is 4.74 Å². The van der Waals surface area contributed by atoms with Crippen LogP contribution in [0.1, 0.15) is 53.9 Å². The minimum atomic E-state index is -1.13. The predicted molar refractivity (Wildman–Crippen MR) is 166 cm³/mol. The first kappa shape index (κ1) is 40.2. The molecule has 1 heterocycles. The third-order valence-electron chi connectivity index (χ3n) is 8.03. The van der Waals surface area contributed by atoms with Crippen molar-refractivity contribution < 1.29 is 49.1 Å². The largest absolute Gasteiger partial charge is 0.480 e. The first-order valence-corrected chi connectivity index (χ1v) is 15.6. The number of carboxylic acid groups (broad SMARTS) is 4. The maximum absolute atomic E-state index is 12.8. The first-order chi connectivity index (χ1) is 20.9. The highest BCUT2D eigenvalue weighted by atomic mass is 16.5. The van der Waals surface area contributed by atoms with Crippen molar-refractivity contribution in [2.24, 2.45) is 10.8 Å². The van der Waals surface area contributed by atoms with Gasteiger partial charge in [-0.1, -0.05) is 34.6 Å². The molecule has 1 aliphatic rings. The SMILES string of the molecule is CCC(C)(C)COCC(C)(C)CNC(=O)CCC(C(=O)O)N1CCN(CC(=O)O)CCN(CC(=O)O)CCN(CC(=O)O)CC1. The number of carboxylic acids is 4. The number of nitrogens with one attached hydrogen (secondary N) is 1. The second kappa shape index (κ2) is 19.6. The number of hydrogen-bond acceptors (Lipinski definition) is 10. The van der Waals surface area contributed by atoms with Crippen molar-refractivity contribution in [2.75, 3.05) is 91.8 Å². The van der Waals surface area contributed by atoms with Crippen molar-refractivity contribution in [1.82, 2.24) is 24.9 Å². The fourth-order valence-electron chi connectivity index (χ4n) is 4.83. The van der Waals surface area contributed by atoms with Gasteiger partial charge in [-0.25, -0.2) is 0 Å². The molecule has 1 unspecified atom stereocenters. The van der Waals surface area contributed by atoms with E-state index >= 15 is 0 Å². The molecule has 0 bridgehead atoms. The average molecular weight is 646 g/mol. The zero-order valence-electron chi connectivity index (χ0n) is 27.6. The monoisotopic (exact) mass is 645 g/mol. The van der Waals surface area contributed by atoms with Crippen molar-refractivity contribution in [3.8, 4) is 0 Å². The summed E-state index contributed by atoms with van der Waals surface area (Å²) < 4.78 is 5.90. The van der Waals surface area contributed by atoms with E-state index in [-0.39, 0.29) is 102 Å². The predicted octanol–water partition coefficient (Wildman–Crippen LogP) is 0.290. The Morgan fingerprint density at radius 3 is 1.47 bits per heavy atom. The number of ether oxygens (including phenoxy) is 1. The van der Waals surface area contributed by atoms with Gasteiger partial charge in [0.15, 0.2) is 0 Å². The summed E-state index contributed by atoms with van der Waals surface area (Å²) in [5.74, 6) is -4.62. The number of carbonyl (C=O) groups is 5. The highest BCUT2D eigenvalue weighted by molar-refractivity contribution is 5.78. The minimum Gasteiger partial charge on any atom is -0.480 e. The second-order valence-electron chi connectivity index (χ2n) is 13.4. The number of hydrogen-bond donors (Lipinski definition) is 5. The highest BCUT2D eigenvalue weighted by Gasteiger charge is 2.29. The summed E-state index contributed by atoms with van der Waals surface area (Å²) in [6, 6.07) is -1.06. The van der Waals surface area contributed by atoms with Crippen LogP contribution in [0.25, 0.3) is 0 Å². The number of carbonyl (C=O) groups excluding carboxylic acids is 1.